The van der Waals surface area contributed by atoms with Gasteiger partial charge in [-0.15, -0.1) is 22.7 Å². The lowest BCUT2D eigenvalue weighted by Crippen LogP contribution is -2.06. The predicted octanol–water partition coefficient (Wildman–Crippen LogP) is 4.05. The van der Waals surface area contributed by atoms with Crippen molar-refractivity contribution < 1.29 is 24.0 Å². The molecule has 0 aliphatic carbocycles. The molecular weight excluding hydrogens is 470 g/mol. The molecule has 0 amide bonds. The van der Waals surface area contributed by atoms with Gasteiger partial charge in [-0.2, -0.15) is 0 Å². The van der Waals surface area contributed by atoms with Crippen LogP contribution in [0.5, 0.6) is 0 Å². The molecule has 0 atom stereocenters. The molecule has 0 aliphatic heterocycles. The maximum Gasteiger partial charge on any atom is 0.357 e. The largest absolute Gasteiger partial charge is 0.461 e. The third-order valence-corrected chi connectivity index (χ3v) is 5.59. The molecule has 3 aromatic heterocycles. The van der Waals surface area contributed by atoms with Gasteiger partial charge in [0.25, 0.3) is 5.69 Å². The van der Waals surface area contributed by atoms with Crippen molar-refractivity contribution >= 4 is 50.4 Å². The van der Waals surface area contributed by atoms with Crippen molar-refractivity contribution in [3.63, 3.8) is 0 Å². The van der Waals surface area contributed by atoms with Crippen molar-refractivity contribution in [2.45, 2.75) is 13.8 Å². The Kier molecular flexibility index (Phi) is 7.69. The van der Waals surface area contributed by atoms with Gasteiger partial charge in [0.15, 0.2) is 15.8 Å². The van der Waals surface area contributed by atoms with Crippen LogP contribution in [-0.4, -0.2) is 44.4 Å². The van der Waals surface area contributed by atoms with E-state index in [1.54, 1.807) is 53.4 Å². The molecule has 11 nitrogen and oxygen atoms in total. The molecule has 0 spiro atoms. The van der Waals surface area contributed by atoms with Crippen LogP contribution in [0.2, 0.25) is 0 Å². The van der Waals surface area contributed by atoms with Gasteiger partial charge in [0.05, 0.1) is 29.4 Å². The molecule has 2 N–H and O–H groups in total. The highest BCUT2D eigenvalue weighted by Gasteiger charge is 2.20. The lowest BCUT2D eigenvalue weighted by Gasteiger charge is -1.99. The normalized spacial score (nSPS) is 10.4. The topological polar surface area (TPSA) is 152 Å². The standard InChI is InChI=1S/C14H11N3O4S.C6H8N2O2S/c1-2-21-13(18)12-8-22-14-15-10(7-16(12)14)9-5-3-4-6-11(9)17(19)20;1-2-10-5(9)4-3-11-6(7)8-4/h3-8H,2H2,1H3;3H,2H2,1H3,(H2,7,8). The summed E-state index contributed by atoms with van der Waals surface area (Å²) in [5.41, 5.74) is 6.80. The maximum absolute atomic E-state index is 11.9. The van der Waals surface area contributed by atoms with Crippen molar-refractivity contribution in [1.29, 1.82) is 0 Å². The first-order valence-corrected chi connectivity index (χ1v) is 11.4. The van der Waals surface area contributed by atoms with Crippen LogP contribution in [0, 0.1) is 10.1 Å². The number of ether oxygens (including phenoxy) is 2. The number of carbonyl (C=O) groups excluding carboxylic acids is 2. The number of imidazole rings is 1. The molecule has 3 heterocycles. The van der Waals surface area contributed by atoms with Crippen molar-refractivity contribution in [3.05, 3.63) is 62.7 Å². The lowest BCUT2D eigenvalue weighted by atomic mass is 10.1. The summed E-state index contributed by atoms with van der Waals surface area (Å²) in [7, 11) is 0. The van der Waals surface area contributed by atoms with E-state index in [4.69, 9.17) is 15.2 Å². The average Bonchev–Trinajstić information content (AvgIpc) is 3.50. The molecule has 4 rings (SSSR count). The summed E-state index contributed by atoms with van der Waals surface area (Å²) in [5.74, 6) is -0.860. The first kappa shape index (κ1) is 23.8. The fourth-order valence-corrected chi connectivity index (χ4v) is 4.08. The number of fused-ring (bicyclic) bond motifs is 1. The maximum atomic E-state index is 11.9. The highest BCUT2D eigenvalue weighted by molar-refractivity contribution is 7.15. The molecule has 33 heavy (non-hydrogen) atoms. The van der Waals surface area contributed by atoms with E-state index in [0.717, 1.165) is 0 Å². The number of nitrogens with zero attached hydrogens (tertiary/aromatic N) is 4. The van der Waals surface area contributed by atoms with Gasteiger partial charge in [-0.25, -0.2) is 19.6 Å². The Morgan fingerprint density at radius 2 is 1.79 bits per heavy atom. The summed E-state index contributed by atoms with van der Waals surface area (Å²) in [6, 6.07) is 6.37. The van der Waals surface area contributed by atoms with Gasteiger partial charge >= 0.3 is 11.9 Å². The second kappa shape index (κ2) is 10.7. The van der Waals surface area contributed by atoms with E-state index in [1.165, 1.54) is 28.7 Å². The molecule has 0 aliphatic rings. The number of rotatable bonds is 6. The van der Waals surface area contributed by atoms with E-state index in [-0.39, 0.29) is 18.0 Å². The summed E-state index contributed by atoms with van der Waals surface area (Å²) >= 11 is 2.50. The monoisotopic (exact) mass is 489 g/mol. The van der Waals surface area contributed by atoms with E-state index in [2.05, 4.69) is 9.97 Å². The second-order valence-corrected chi connectivity index (χ2v) is 7.91. The SMILES string of the molecule is CCOC(=O)c1csc(N)n1.CCOC(=O)c1csc2nc(-c3ccccc3[N+](=O)[O-])cn12. The van der Waals surface area contributed by atoms with Crippen LogP contribution in [-0.2, 0) is 9.47 Å². The molecule has 13 heteroatoms. The Morgan fingerprint density at radius 3 is 2.42 bits per heavy atom. The van der Waals surface area contributed by atoms with E-state index < -0.39 is 16.9 Å². The van der Waals surface area contributed by atoms with Crippen LogP contribution < -0.4 is 5.73 Å². The smallest absolute Gasteiger partial charge is 0.357 e. The van der Waals surface area contributed by atoms with Gasteiger partial charge in [-0.3, -0.25) is 14.5 Å². The number of anilines is 1. The van der Waals surface area contributed by atoms with Crippen LogP contribution >= 0.6 is 22.7 Å². The molecule has 1 aromatic carbocycles. The second-order valence-electron chi connectivity index (χ2n) is 6.19. The number of thiazole rings is 2. The fraction of sp³-hybridized carbons (Fsp3) is 0.200. The number of para-hydroxylation sites is 1. The zero-order valence-corrected chi connectivity index (χ0v) is 19.2. The third-order valence-electron chi connectivity index (χ3n) is 4.08. The van der Waals surface area contributed by atoms with Gasteiger partial charge in [0, 0.05) is 23.0 Å². The molecule has 0 fully saturated rings. The molecule has 172 valence electrons. The number of aromatic nitrogens is 3. The van der Waals surface area contributed by atoms with Gasteiger partial charge < -0.3 is 15.2 Å². The minimum absolute atomic E-state index is 0.0223. The minimum atomic E-state index is -0.449. The minimum Gasteiger partial charge on any atom is -0.461 e. The third kappa shape index (κ3) is 5.51. The Balaban J connectivity index is 0.000000235. The fourth-order valence-electron chi connectivity index (χ4n) is 2.70. The number of hydrogen-bond donors (Lipinski definition) is 1. The van der Waals surface area contributed by atoms with Gasteiger partial charge in [-0.1, -0.05) is 12.1 Å². The Bertz CT molecular complexity index is 1300. The highest BCUT2D eigenvalue weighted by atomic mass is 32.1. The number of esters is 2. The van der Waals surface area contributed by atoms with Gasteiger partial charge in [0.1, 0.15) is 5.69 Å². The number of nitro groups is 1. The van der Waals surface area contributed by atoms with Crippen molar-refractivity contribution in [2.24, 2.45) is 0 Å². The van der Waals surface area contributed by atoms with E-state index in [0.29, 0.717) is 33.7 Å². The van der Waals surface area contributed by atoms with Crippen LogP contribution in [0.1, 0.15) is 34.8 Å². The molecular formula is C20H19N5O6S2. The van der Waals surface area contributed by atoms with Crippen LogP contribution in [0.3, 0.4) is 0 Å². The number of hydrogen-bond acceptors (Lipinski definition) is 11. The van der Waals surface area contributed by atoms with Crippen LogP contribution in [0.25, 0.3) is 16.2 Å². The Labute approximate surface area is 195 Å². The van der Waals surface area contributed by atoms with Crippen molar-refractivity contribution in [3.8, 4) is 11.3 Å². The number of carbonyl (C=O) groups is 2. The van der Waals surface area contributed by atoms with Gasteiger partial charge in [0.2, 0.25) is 0 Å². The summed E-state index contributed by atoms with van der Waals surface area (Å²) in [4.78, 5) is 42.1. The summed E-state index contributed by atoms with van der Waals surface area (Å²) < 4.78 is 11.3. The molecule has 0 saturated heterocycles. The Hall–Kier alpha value is -3.84. The van der Waals surface area contributed by atoms with Crippen LogP contribution in [0.4, 0.5) is 10.8 Å². The zero-order chi connectivity index (χ0) is 24.0. The quantitative estimate of drug-likeness (QED) is 0.240. The lowest BCUT2D eigenvalue weighted by molar-refractivity contribution is -0.384. The van der Waals surface area contributed by atoms with Gasteiger partial charge in [-0.05, 0) is 19.9 Å². The molecule has 0 unspecified atom stereocenters. The Morgan fingerprint density at radius 1 is 1.09 bits per heavy atom. The zero-order valence-electron chi connectivity index (χ0n) is 17.6. The van der Waals surface area contributed by atoms with E-state index in [1.807, 2.05) is 0 Å². The van der Waals surface area contributed by atoms with E-state index >= 15 is 0 Å². The van der Waals surface area contributed by atoms with Crippen molar-refractivity contribution in [1.82, 2.24) is 14.4 Å². The highest BCUT2D eigenvalue weighted by Crippen LogP contribution is 2.30. The number of nitrogens with two attached hydrogens (primary N) is 1. The molecule has 0 radical (unpaired) electrons. The number of nitro benzene ring substituents is 1. The summed E-state index contributed by atoms with van der Waals surface area (Å²) in [6.45, 7) is 4.11. The summed E-state index contributed by atoms with van der Waals surface area (Å²) in [5, 5.41) is 14.7. The molecule has 0 saturated carbocycles. The van der Waals surface area contributed by atoms with E-state index in [9.17, 15) is 19.7 Å². The average molecular weight is 490 g/mol. The number of benzene rings is 1. The molecule has 4 aromatic rings. The predicted molar refractivity (Wildman–Crippen MR) is 124 cm³/mol. The first-order chi connectivity index (χ1) is 15.8. The first-order valence-electron chi connectivity index (χ1n) is 9.61. The number of nitrogen functional groups attached to an aromatic ring is 1. The summed E-state index contributed by atoms with van der Waals surface area (Å²) in [6.07, 6.45) is 1.61. The molecule has 0 bridgehead atoms. The van der Waals surface area contributed by atoms with Crippen LogP contribution in [0.15, 0.2) is 41.2 Å². The van der Waals surface area contributed by atoms with Crippen molar-refractivity contribution in [2.75, 3.05) is 18.9 Å².